The van der Waals surface area contributed by atoms with Crippen LogP contribution < -0.4 is 14.9 Å². The first-order valence-corrected chi connectivity index (χ1v) is 9.46. The van der Waals surface area contributed by atoms with E-state index in [1.165, 1.54) is 6.21 Å². The molecule has 0 saturated carbocycles. The highest BCUT2D eigenvalue weighted by Gasteiger charge is 2.12. The molecule has 0 aromatic heterocycles. The van der Waals surface area contributed by atoms with Crippen molar-refractivity contribution in [2.75, 3.05) is 7.11 Å². The lowest BCUT2D eigenvalue weighted by atomic mass is 10.2. The van der Waals surface area contributed by atoms with Crippen molar-refractivity contribution in [1.82, 2.24) is 5.43 Å². The van der Waals surface area contributed by atoms with Crippen LogP contribution in [0.1, 0.15) is 26.3 Å². The van der Waals surface area contributed by atoms with Gasteiger partial charge in [-0.1, -0.05) is 23.2 Å². The minimum atomic E-state index is -0.556. The zero-order valence-corrected chi connectivity index (χ0v) is 17.3. The lowest BCUT2D eigenvalue weighted by molar-refractivity contribution is 0.0734. The Bertz CT molecular complexity index is 1080. The molecule has 0 aliphatic heterocycles. The number of hydrazone groups is 1. The molecule has 0 spiro atoms. The summed E-state index contributed by atoms with van der Waals surface area (Å²) in [6.07, 6.45) is 1.34. The highest BCUT2D eigenvalue weighted by Crippen LogP contribution is 2.23. The average molecular weight is 443 g/mol. The standard InChI is InChI=1S/C22H16Cl2N2O4/c1-29-19-9-4-15(5-10-19)22(28)30-20-11-8-18(24)12-16(20)13-25-26-21(27)14-2-6-17(23)7-3-14/h2-13H,1H3,(H,26,27)/b25-13+. The fraction of sp³-hybridized carbons (Fsp3) is 0.0455. The van der Waals surface area contributed by atoms with Crippen molar-refractivity contribution in [3.63, 3.8) is 0 Å². The molecule has 1 N–H and O–H groups in total. The van der Waals surface area contributed by atoms with E-state index in [4.69, 9.17) is 32.7 Å². The molecule has 3 rings (SSSR count). The number of carbonyl (C=O) groups is 2. The first kappa shape index (κ1) is 21.4. The molecule has 0 radical (unpaired) electrons. The van der Waals surface area contributed by atoms with Crippen LogP contribution in [0.3, 0.4) is 0 Å². The zero-order valence-electron chi connectivity index (χ0n) is 15.8. The molecule has 1 amide bonds. The molecule has 0 fully saturated rings. The molecule has 0 saturated heterocycles. The summed E-state index contributed by atoms with van der Waals surface area (Å²) in [7, 11) is 1.54. The number of nitrogens with one attached hydrogen (secondary N) is 1. The molecule has 3 aromatic rings. The van der Waals surface area contributed by atoms with E-state index in [9.17, 15) is 9.59 Å². The zero-order chi connectivity index (χ0) is 21.5. The Labute approximate surface area is 183 Å². The fourth-order valence-corrected chi connectivity index (χ4v) is 2.73. The lowest BCUT2D eigenvalue weighted by Gasteiger charge is -2.08. The van der Waals surface area contributed by atoms with Gasteiger partial charge in [0.1, 0.15) is 11.5 Å². The van der Waals surface area contributed by atoms with Gasteiger partial charge in [-0.05, 0) is 66.7 Å². The number of esters is 1. The van der Waals surface area contributed by atoms with E-state index < -0.39 is 11.9 Å². The number of ether oxygens (including phenoxy) is 2. The number of hydrogen-bond donors (Lipinski definition) is 1. The summed E-state index contributed by atoms with van der Waals surface area (Å²) in [6, 6.07) is 17.6. The number of amides is 1. The maximum Gasteiger partial charge on any atom is 0.343 e. The Morgan fingerprint density at radius 3 is 2.20 bits per heavy atom. The molecule has 152 valence electrons. The molecule has 0 atom stereocenters. The van der Waals surface area contributed by atoms with Crippen LogP contribution in [0.25, 0.3) is 0 Å². The van der Waals surface area contributed by atoms with Gasteiger partial charge in [0.25, 0.3) is 5.91 Å². The minimum Gasteiger partial charge on any atom is -0.497 e. The number of methoxy groups -OCH3 is 1. The summed E-state index contributed by atoms with van der Waals surface area (Å²) in [5.41, 5.74) is 3.57. The number of halogens is 2. The van der Waals surface area contributed by atoms with Crippen molar-refractivity contribution >= 4 is 41.3 Å². The minimum absolute atomic E-state index is 0.240. The number of carbonyl (C=O) groups excluding carboxylic acids is 2. The first-order valence-electron chi connectivity index (χ1n) is 8.71. The Hall–Kier alpha value is -3.35. The van der Waals surface area contributed by atoms with Crippen molar-refractivity contribution in [3.8, 4) is 11.5 Å². The third-order valence-corrected chi connectivity index (χ3v) is 4.46. The third kappa shape index (κ3) is 5.59. The van der Waals surface area contributed by atoms with E-state index in [0.29, 0.717) is 32.5 Å². The van der Waals surface area contributed by atoms with E-state index in [2.05, 4.69) is 10.5 Å². The van der Waals surface area contributed by atoms with Crippen LogP contribution in [0.15, 0.2) is 71.8 Å². The van der Waals surface area contributed by atoms with E-state index in [-0.39, 0.29) is 5.75 Å². The van der Waals surface area contributed by atoms with Gasteiger partial charge in [0.2, 0.25) is 0 Å². The molecule has 0 aliphatic carbocycles. The van der Waals surface area contributed by atoms with E-state index >= 15 is 0 Å². The third-order valence-electron chi connectivity index (χ3n) is 3.98. The Kier molecular flexibility index (Phi) is 7.06. The van der Waals surface area contributed by atoms with Crippen molar-refractivity contribution in [3.05, 3.63) is 93.5 Å². The van der Waals surface area contributed by atoms with Gasteiger partial charge in [0.05, 0.1) is 18.9 Å². The van der Waals surface area contributed by atoms with Crippen molar-refractivity contribution in [1.29, 1.82) is 0 Å². The molecule has 8 heteroatoms. The van der Waals surface area contributed by atoms with Gasteiger partial charge in [0, 0.05) is 21.2 Å². The molecule has 0 heterocycles. The molecule has 0 aliphatic rings. The summed E-state index contributed by atoms with van der Waals surface area (Å²) < 4.78 is 10.5. The lowest BCUT2D eigenvalue weighted by Crippen LogP contribution is -2.17. The monoisotopic (exact) mass is 442 g/mol. The molecule has 30 heavy (non-hydrogen) atoms. The second kappa shape index (κ2) is 9.91. The second-order valence-corrected chi connectivity index (χ2v) is 6.88. The Morgan fingerprint density at radius 1 is 0.900 bits per heavy atom. The van der Waals surface area contributed by atoms with Crippen LogP contribution in [-0.2, 0) is 0 Å². The first-order chi connectivity index (χ1) is 14.5. The number of nitrogens with zero attached hydrogens (tertiary/aromatic N) is 1. The van der Waals surface area contributed by atoms with Crippen LogP contribution >= 0.6 is 23.2 Å². The Morgan fingerprint density at radius 2 is 1.53 bits per heavy atom. The van der Waals surface area contributed by atoms with E-state index in [1.54, 1.807) is 73.8 Å². The topological polar surface area (TPSA) is 77.0 Å². The highest BCUT2D eigenvalue weighted by atomic mass is 35.5. The fourth-order valence-electron chi connectivity index (χ4n) is 2.43. The smallest absolute Gasteiger partial charge is 0.343 e. The summed E-state index contributed by atoms with van der Waals surface area (Å²) in [6.45, 7) is 0. The van der Waals surface area contributed by atoms with Crippen LogP contribution in [0.5, 0.6) is 11.5 Å². The average Bonchev–Trinajstić information content (AvgIpc) is 2.76. The number of rotatable bonds is 6. The second-order valence-electron chi connectivity index (χ2n) is 6.01. The Balaban J connectivity index is 1.72. The van der Waals surface area contributed by atoms with Gasteiger partial charge in [0.15, 0.2) is 0 Å². The molecular formula is C22H16Cl2N2O4. The largest absolute Gasteiger partial charge is 0.497 e. The predicted octanol–water partition coefficient (Wildman–Crippen LogP) is 4.99. The summed E-state index contributed by atoms with van der Waals surface area (Å²) >= 11 is 11.9. The van der Waals surface area contributed by atoms with Gasteiger partial charge < -0.3 is 9.47 Å². The highest BCUT2D eigenvalue weighted by molar-refractivity contribution is 6.31. The molecule has 6 nitrogen and oxygen atoms in total. The van der Waals surface area contributed by atoms with Gasteiger partial charge >= 0.3 is 5.97 Å². The van der Waals surface area contributed by atoms with Gasteiger partial charge in [-0.25, -0.2) is 10.2 Å². The van der Waals surface area contributed by atoms with Crippen molar-refractivity contribution in [2.45, 2.75) is 0 Å². The van der Waals surface area contributed by atoms with Gasteiger partial charge in [-0.2, -0.15) is 5.10 Å². The maximum atomic E-state index is 12.4. The van der Waals surface area contributed by atoms with E-state index in [0.717, 1.165) is 0 Å². The van der Waals surface area contributed by atoms with Crippen molar-refractivity contribution < 1.29 is 19.1 Å². The van der Waals surface area contributed by atoms with Gasteiger partial charge in [-0.15, -0.1) is 0 Å². The van der Waals surface area contributed by atoms with Crippen molar-refractivity contribution in [2.24, 2.45) is 5.10 Å². The summed E-state index contributed by atoms with van der Waals surface area (Å²) in [5.74, 6) is -0.103. The summed E-state index contributed by atoms with van der Waals surface area (Å²) in [4.78, 5) is 24.5. The van der Waals surface area contributed by atoms with Gasteiger partial charge in [-0.3, -0.25) is 4.79 Å². The molecule has 3 aromatic carbocycles. The van der Waals surface area contributed by atoms with Crippen LogP contribution in [0.4, 0.5) is 0 Å². The van der Waals surface area contributed by atoms with E-state index in [1.807, 2.05) is 0 Å². The van der Waals surface area contributed by atoms with Crippen LogP contribution in [-0.4, -0.2) is 25.2 Å². The normalized spacial score (nSPS) is 10.6. The molecular weight excluding hydrogens is 427 g/mol. The number of hydrogen-bond acceptors (Lipinski definition) is 5. The SMILES string of the molecule is COc1ccc(C(=O)Oc2ccc(Cl)cc2/C=N/NC(=O)c2ccc(Cl)cc2)cc1. The summed E-state index contributed by atoms with van der Waals surface area (Å²) in [5, 5.41) is 4.87. The quantitative estimate of drug-likeness (QED) is 0.252. The van der Waals surface area contributed by atoms with Crippen LogP contribution in [0, 0.1) is 0 Å². The molecule has 0 unspecified atom stereocenters. The predicted molar refractivity (Wildman–Crippen MR) is 116 cm³/mol. The maximum absolute atomic E-state index is 12.4. The molecule has 0 bridgehead atoms. The van der Waals surface area contributed by atoms with Crippen LogP contribution in [0.2, 0.25) is 10.0 Å². The number of benzene rings is 3.